The molecule has 0 atom stereocenters. The molecule has 1 saturated heterocycles. The Labute approximate surface area is 98.9 Å². The zero-order valence-electron chi connectivity index (χ0n) is 10.9. The Morgan fingerprint density at radius 1 is 1.31 bits per heavy atom. The van der Waals surface area contributed by atoms with Crippen molar-refractivity contribution >= 4 is 6.03 Å². The van der Waals surface area contributed by atoms with Crippen LogP contribution in [-0.2, 0) is 0 Å². The van der Waals surface area contributed by atoms with Gasteiger partial charge in [0.15, 0.2) is 0 Å². The third kappa shape index (κ3) is 4.69. The number of piperidine rings is 1. The van der Waals surface area contributed by atoms with Crippen LogP contribution in [0.15, 0.2) is 12.3 Å². The van der Waals surface area contributed by atoms with E-state index in [1.165, 1.54) is 0 Å². The summed E-state index contributed by atoms with van der Waals surface area (Å²) in [7, 11) is 0. The molecular weight excluding hydrogens is 200 g/mol. The number of allylic oxidation sites excluding steroid dienone is 1. The van der Waals surface area contributed by atoms with Crippen molar-refractivity contribution in [3.63, 3.8) is 0 Å². The zero-order chi connectivity index (χ0) is 12.2. The van der Waals surface area contributed by atoms with Gasteiger partial charge in [0.05, 0.1) is 0 Å². The molecule has 1 N–H and O–H groups in total. The van der Waals surface area contributed by atoms with E-state index in [1.54, 1.807) is 6.20 Å². The van der Waals surface area contributed by atoms with Crippen LogP contribution in [0.5, 0.6) is 0 Å². The highest BCUT2D eigenvalue weighted by atomic mass is 16.2. The number of rotatable bonds is 1. The smallest absolute Gasteiger partial charge is 0.321 e. The molecule has 0 bridgehead atoms. The molecule has 92 valence electrons. The van der Waals surface area contributed by atoms with Gasteiger partial charge in [-0.1, -0.05) is 33.8 Å². The molecule has 1 heterocycles. The minimum atomic E-state index is 0.0346. The minimum absolute atomic E-state index is 0.0346. The monoisotopic (exact) mass is 224 g/mol. The van der Waals surface area contributed by atoms with Crippen molar-refractivity contribution in [2.75, 3.05) is 13.1 Å². The van der Waals surface area contributed by atoms with E-state index in [0.29, 0.717) is 0 Å². The first-order valence-corrected chi connectivity index (χ1v) is 6.11. The van der Waals surface area contributed by atoms with Gasteiger partial charge < -0.3 is 10.2 Å². The van der Waals surface area contributed by atoms with E-state index in [0.717, 1.165) is 31.8 Å². The van der Waals surface area contributed by atoms with Crippen LogP contribution in [0.2, 0.25) is 0 Å². The summed E-state index contributed by atoms with van der Waals surface area (Å²) in [6.45, 7) is 10.3. The lowest BCUT2D eigenvalue weighted by atomic mass is 9.97. The average molecular weight is 224 g/mol. The minimum Gasteiger partial charge on any atom is -0.325 e. The van der Waals surface area contributed by atoms with E-state index in [9.17, 15) is 4.79 Å². The standard InChI is InChI=1S/C13H24N2O/c1-11-5-9-15(10-6-11)12(16)14-8-7-13(2,3)4/h7-8,11H,5-6,9-10H2,1-4H3,(H,14,16)/b8-7+. The summed E-state index contributed by atoms with van der Waals surface area (Å²) < 4.78 is 0. The van der Waals surface area contributed by atoms with Gasteiger partial charge >= 0.3 is 6.03 Å². The van der Waals surface area contributed by atoms with Crippen molar-refractivity contribution in [1.82, 2.24) is 10.2 Å². The summed E-state index contributed by atoms with van der Waals surface area (Å²) >= 11 is 0. The molecule has 0 unspecified atom stereocenters. The lowest BCUT2D eigenvalue weighted by Gasteiger charge is -2.29. The number of amides is 2. The Morgan fingerprint density at radius 2 is 1.88 bits per heavy atom. The van der Waals surface area contributed by atoms with Gasteiger partial charge in [0.2, 0.25) is 0 Å². The van der Waals surface area contributed by atoms with Crippen molar-refractivity contribution < 1.29 is 4.79 Å². The number of carbonyl (C=O) groups is 1. The summed E-state index contributed by atoms with van der Waals surface area (Å²) in [6, 6.07) is 0.0346. The molecule has 1 fully saturated rings. The number of urea groups is 1. The molecule has 0 aromatic heterocycles. The van der Waals surface area contributed by atoms with Crippen molar-refractivity contribution in [3.8, 4) is 0 Å². The third-order valence-corrected chi connectivity index (χ3v) is 2.86. The van der Waals surface area contributed by atoms with Crippen LogP contribution in [0.4, 0.5) is 4.79 Å². The van der Waals surface area contributed by atoms with Crippen LogP contribution in [-0.4, -0.2) is 24.0 Å². The predicted octanol–water partition coefficient (Wildman–Crippen LogP) is 2.99. The van der Waals surface area contributed by atoms with Gasteiger partial charge in [0, 0.05) is 19.3 Å². The molecular formula is C13H24N2O. The Hall–Kier alpha value is -0.990. The van der Waals surface area contributed by atoms with Crippen LogP contribution in [0.25, 0.3) is 0 Å². The Kier molecular flexibility index (Phi) is 4.39. The quantitative estimate of drug-likeness (QED) is 0.729. The molecule has 1 aliphatic rings. The summed E-state index contributed by atoms with van der Waals surface area (Å²) in [6.07, 6.45) is 6.02. The maximum atomic E-state index is 11.8. The Morgan fingerprint density at radius 3 is 2.38 bits per heavy atom. The van der Waals surface area contributed by atoms with Gasteiger partial charge in [-0.2, -0.15) is 0 Å². The molecule has 0 radical (unpaired) electrons. The van der Waals surface area contributed by atoms with E-state index in [2.05, 4.69) is 33.0 Å². The van der Waals surface area contributed by atoms with Gasteiger partial charge in [-0.05, 0) is 24.2 Å². The second-order valence-electron chi connectivity index (χ2n) is 5.82. The van der Waals surface area contributed by atoms with Crippen LogP contribution in [0, 0.1) is 11.3 Å². The third-order valence-electron chi connectivity index (χ3n) is 2.86. The summed E-state index contributed by atoms with van der Waals surface area (Å²) in [5, 5.41) is 2.83. The number of likely N-dealkylation sites (tertiary alicyclic amines) is 1. The Bertz CT molecular complexity index is 258. The van der Waals surface area contributed by atoms with E-state index >= 15 is 0 Å². The first-order chi connectivity index (χ1) is 7.38. The first kappa shape index (κ1) is 13.1. The average Bonchev–Trinajstić information content (AvgIpc) is 2.16. The van der Waals surface area contributed by atoms with E-state index < -0.39 is 0 Å². The number of hydrogen-bond acceptors (Lipinski definition) is 1. The van der Waals surface area contributed by atoms with Crippen LogP contribution >= 0.6 is 0 Å². The van der Waals surface area contributed by atoms with Crippen LogP contribution in [0.3, 0.4) is 0 Å². The number of nitrogens with zero attached hydrogens (tertiary/aromatic N) is 1. The second kappa shape index (κ2) is 5.37. The zero-order valence-corrected chi connectivity index (χ0v) is 10.9. The maximum absolute atomic E-state index is 11.8. The molecule has 3 nitrogen and oxygen atoms in total. The lowest BCUT2D eigenvalue weighted by molar-refractivity contribution is 0.177. The van der Waals surface area contributed by atoms with E-state index in [-0.39, 0.29) is 11.4 Å². The summed E-state index contributed by atoms with van der Waals surface area (Å²) in [5.74, 6) is 0.758. The van der Waals surface area contributed by atoms with Crippen LogP contribution < -0.4 is 5.32 Å². The largest absolute Gasteiger partial charge is 0.325 e. The van der Waals surface area contributed by atoms with Gasteiger partial charge in [-0.25, -0.2) is 4.79 Å². The van der Waals surface area contributed by atoms with Crippen molar-refractivity contribution in [2.24, 2.45) is 11.3 Å². The van der Waals surface area contributed by atoms with Gasteiger partial charge in [-0.3, -0.25) is 0 Å². The number of hydrogen-bond donors (Lipinski definition) is 1. The highest BCUT2D eigenvalue weighted by Gasteiger charge is 2.19. The molecule has 0 spiro atoms. The van der Waals surface area contributed by atoms with Gasteiger partial charge in [0.25, 0.3) is 0 Å². The fourth-order valence-electron chi connectivity index (χ4n) is 1.67. The molecule has 16 heavy (non-hydrogen) atoms. The highest BCUT2D eigenvalue weighted by Crippen LogP contribution is 2.16. The summed E-state index contributed by atoms with van der Waals surface area (Å²) in [4.78, 5) is 13.7. The fraction of sp³-hybridized carbons (Fsp3) is 0.769. The van der Waals surface area contributed by atoms with Crippen LogP contribution in [0.1, 0.15) is 40.5 Å². The molecule has 0 aromatic carbocycles. The molecule has 1 rings (SSSR count). The predicted molar refractivity (Wildman–Crippen MR) is 67.1 cm³/mol. The first-order valence-electron chi connectivity index (χ1n) is 6.11. The Balaban J connectivity index is 2.33. The maximum Gasteiger partial charge on any atom is 0.321 e. The van der Waals surface area contributed by atoms with Crippen molar-refractivity contribution in [3.05, 3.63) is 12.3 Å². The van der Waals surface area contributed by atoms with Gasteiger partial charge in [0.1, 0.15) is 0 Å². The fourth-order valence-corrected chi connectivity index (χ4v) is 1.67. The molecule has 1 aliphatic heterocycles. The summed E-state index contributed by atoms with van der Waals surface area (Å²) in [5.41, 5.74) is 0.115. The van der Waals surface area contributed by atoms with Gasteiger partial charge in [-0.15, -0.1) is 0 Å². The number of carbonyl (C=O) groups excluding carboxylic acids is 1. The SMILES string of the molecule is CC1CCN(C(=O)N/C=C/C(C)(C)C)CC1. The molecule has 0 aromatic rings. The lowest BCUT2D eigenvalue weighted by Crippen LogP contribution is -2.42. The second-order valence-corrected chi connectivity index (χ2v) is 5.82. The highest BCUT2D eigenvalue weighted by molar-refractivity contribution is 5.75. The normalized spacial score (nSPS) is 19.1. The topological polar surface area (TPSA) is 32.3 Å². The van der Waals surface area contributed by atoms with Crippen molar-refractivity contribution in [2.45, 2.75) is 40.5 Å². The number of nitrogens with one attached hydrogen (secondary N) is 1. The van der Waals surface area contributed by atoms with E-state index in [4.69, 9.17) is 0 Å². The molecule has 2 amide bonds. The molecule has 0 saturated carbocycles. The molecule has 0 aliphatic carbocycles. The van der Waals surface area contributed by atoms with Crippen molar-refractivity contribution in [1.29, 1.82) is 0 Å². The van der Waals surface area contributed by atoms with E-state index in [1.807, 2.05) is 11.0 Å². The molecule has 3 heteroatoms.